The molecule has 2 atom stereocenters. The summed E-state index contributed by atoms with van der Waals surface area (Å²) in [7, 11) is 0. The molecule has 0 bridgehead atoms. The molecule has 23 heavy (non-hydrogen) atoms. The third kappa shape index (κ3) is 4.30. The normalized spacial score (nSPS) is 26.0. The summed E-state index contributed by atoms with van der Waals surface area (Å²) >= 11 is 0. The molecule has 2 fully saturated rings. The summed E-state index contributed by atoms with van der Waals surface area (Å²) in [6.07, 6.45) is 2.96. The van der Waals surface area contributed by atoms with Gasteiger partial charge >= 0.3 is 0 Å². The van der Waals surface area contributed by atoms with Crippen molar-refractivity contribution in [3.63, 3.8) is 0 Å². The zero-order chi connectivity index (χ0) is 16.1. The molecule has 1 N–H and O–H groups in total. The second kappa shape index (κ2) is 7.88. The Balaban J connectivity index is 1.60. The van der Waals surface area contributed by atoms with E-state index in [1.54, 1.807) is 18.2 Å². The number of hydrogen-bond acceptors (Lipinski definition) is 3. The summed E-state index contributed by atoms with van der Waals surface area (Å²) in [6.45, 7) is 2.94. The van der Waals surface area contributed by atoms with E-state index < -0.39 is 0 Å². The van der Waals surface area contributed by atoms with E-state index in [1.165, 1.54) is 6.07 Å². The second-order valence-corrected chi connectivity index (χ2v) is 6.42. The van der Waals surface area contributed by atoms with Gasteiger partial charge < -0.3 is 14.8 Å². The fourth-order valence-corrected chi connectivity index (χ4v) is 3.62. The Morgan fingerprint density at radius 1 is 1.13 bits per heavy atom. The van der Waals surface area contributed by atoms with Crippen molar-refractivity contribution in [2.24, 2.45) is 11.8 Å². The zero-order valence-electron chi connectivity index (χ0n) is 13.3. The first-order valence-corrected chi connectivity index (χ1v) is 8.42. The molecular formula is C18H24FNO3. The van der Waals surface area contributed by atoms with Crippen LogP contribution in [0.4, 0.5) is 4.39 Å². The number of nitrogens with one attached hydrogen (secondary N) is 1. The molecule has 0 aromatic heterocycles. The average molecular weight is 321 g/mol. The summed E-state index contributed by atoms with van der Waals surface area (Å²) in [4.78, 5) is 12.3. The van der Waals surface area contributed by atoms with E-state index in [9.17, 15) is 9.18 Å². The van der Waals surface area contributed by atoms with Crippen LogP contribution in [-0.2, 0) is 20.7 Å². The van der Waals surface area contributed by atoms with E-state index in [-0.39, 0.29) is 24.2 Å². The molecule has 0 unspecified atom stereocenters. The molecule has 1 amide bonds. The fraction of sp³-hybridized carbons (Fsp3) is 0.611. The van der Waals surface area contributed by atoms with Gasteiger partial charge in [-0.25, -0.2) is 4.39 Å². The molecule has 2 aliphatic rings. The van der Waals surface area contributed by atoms with Crippen molar-refractivity contribution >= 4 is 5.91 Å². The second-order valence-electron chi connectivity index (χ2n) is 6.42. The summed E-state index contributed by atoms with van der Waals surface area (Å²) in [5.74, 6) is 0.426. The maximum absolute atomic E-state index is 13.7. The first-order chi connectivity index (χ1) is 11.2. The van der Waals surface area contributed by atoms with Crippen LogP contribution in [0.3, 0.4) is 0 Å². The third-order valence-electron chi connectivity index (χ3n) is 4.93. The molecule has 2 aliphatic heterocycles. The summed E-state index contributed by atoms with van der Waals surface area (Å²) in [5.41, 5.74) is 0.444. The Morgan fingerprint density at radius 2 is 1.87 bits per heavy atom. The SMILES string of the molecule is O=C(Cc1ccccc1F)N[C@H]1CCOC[C@H]1C1CCOCC1. The van der Waals surface area contributed by atoms with E-state index >= 15 is 0 Å². The number of halogens is 1. The van der Waals surface area contributed by atoms with E-state index in [1.807, 2.05) is 0 Å². The predicted molar refractivity (Wildman–Crippen MR) is 84.5 cm³/mol. The van der Waals surface area contributed by atoms with Crippen LogP contribution in [0.15, 0.2) is 24.3 Å². The highest BCUT2D eigenvalue weighted by Crippen LogP contribution is 2.30. The number of benzene rings is 1. The summed E-state index contributed by atoms with van der Waals surface area (Å²) < 4.78 is 24.7. The average Bonchev–Trinajstić information content (AvgIpc) is 2.58. The predicted octanol–water partition coefficient (Wildman–Crippen LogP) is 2.32. The Bertz CT molecular complexity index is 531. The Labute approximate surface area is 136 Å². The molecule has 0 saturated carbocycles. The van der Waals surface area contributed by atoms with Crippen LogP contribution in [0.25, 0.3) is 0 Å². The molecule has 0 spiro atoms. The zero-order valence-corrected chi connectivity index (χ0v) is 13.3. The molecule has 5 heteroatoms. The van der Waals surface area contributed by atoms with Gasteiger partial charge in [-0.05, 0) is 36.8 Å². The highest BCUT2D eigenvalue weighted by molar-refractivity contribution is 5.79. The minimum atomic E-state index is -0.324. The number of rotatable bonds is 4. The van der Waals surface area contributed by atoms with Crippen LogP contribution in [0.5, 0.6) is 0 Å². The van der Waals surface area contributed by atoms with Crippen molar-refractivity contribution in [1.82, 2.24) is 5.32 Å². The van der Waals surface area contributed by atoms with Crippen LogP contribution in [0, 0.1) is 17.7 Å². The van der Waals surface area contributed by atoms with Crippen molar-refractivity contribution in [3.8, 4) is 0 Å². The first kappa shape index (κ1) is 16.4. The fourth-order valence-electron chi connectivity index (χ4n) is 3.62. The van der Waals surface area contributed by atoms with Gasteiger partial charge in [-0.1, -0.05) is 18.2 Å². The minimum absolute atomic E-state index is 0.0878. The van der Waals surface area contributed by atoms with Gasteiger partial charge in [0, 0.05) is 31.8 Å². The molecule has 4 nitrogen and oxygen atoms in total. The monoisotopic (exact) mass is 321 g/mol. The van der Waals surface area contributed by atoms with Gasteiger partial charge in [0.2, 0.25) is 5.91 Å². The molecule has 0 radical (unpaired) electrons. The smallest absolute Gasteiger partial charge is 0.224 e. The largest absolute Gasteiger partial charge is 0.381 e. The van der Waals surface area contributed by atoms with Gasteiger partial charge in [0.1, 0.15) is 5.82 Å². The van der Waals surface area contributed by atoms with Crippen LogP contribution in [-0.4, -0.2) is 38.4 Å². The number of hydrogen-bond donors (Lipinski definition) is 1. The van der Waals surface area contributed by atoms with Gasteiger partial charge in [-0.2, -0.15) is 0 Å². The van der Waals surface area contributed by atoms with E-state index in [4.69, 9.17) is 9.47 Å². The molecule has 0 aliphatic carbocycles. The Morgan fingerprint density at radius 3 is 2.65 bits per heavy atom. The lowest BCUT2D eigenvalue weighted by Crippen LogP contribution is -2.49. The third-order valence-corrected chi connectivity index (χ3v) is 4.93. The lowest BCUT2D eigenvalue weighted by atomic mass is 9.79. The molecule has 1 aromatic carbocycles. The number of amides is 1. The van der Waals surface area contributed by atoms with Crippen molar-refractivity contribution in [3.05, 3.63) is 35.6 Å². The Hall–Kier alpha value is -1.46. The van der Waals surface area contributed by atoms with Gasteiger partial charge in [0.05, 0.1) is 13.0 Å². The number of carbonyl (C=O) groups excluding carboxylic acids is 1. The molecule has 3 rings (SSSR count). The molecule has 2 saturated heterocycles. The van der Waals surface area contributed by atoms with Gasteiger partial charge in [0.25, 0.3) is 0 Å². The topological polar surface area (TPSA) is 47.6 Å². The highest BCUT2D eigenvalue weighted by atomic mass is 19.1. The van der Waals surface area contributed by atoms with Gasteiger partial charge in [-0.15, -0.1) is 0 Å². The number of carbonyl (C=O) groups is 1. The minimum Gasteiger partial charge on any atom is -0.381 e. The molecule has 126 valence electrons. The molecule has 1 aromatic rings. The van der Waals surface area contributed by atoms with E-state index in [0.29, 0.717) is 30.6 Å². The van der Waals surface area contributed by atoms with E-state index in [0.717, 1.165) is 32.5 Å². The van der Waals surface area contributed by atoms with Crippen molar-refractivity contribution in [2.45, 2.75) is 31.7 Å². The lowest BCUT2D eigenvalue weighted by Gasteiger charge is -2.39. The highest BCUT2D eigenvalue weighted by Gasteiger charge is 2.34. The summed E-state index contributed by atoms with van der Waals surface area (Å²) in [6, 6.07) is 6.56. The molecular weight excluding hydrogens is 297 g/mol. The molecule has 2 heterocycles. The maximum atomic E-state index is 13.7. The van der Waals surface area contributed by atoms with Crippen LogP contribution in [0.1, 0.15) is 24.8 Å². The quantitative estimate of drug-likeness (QED) is 0.926. The van der Waals surface area contributed by atoms with Gasteiger partial charge in [0.15, 0.2) is 0 Å². The summed E-state index contributed by atoms with van der Waals surface area (Å²) in [5, 5.41) is 3.12. The van der Waals surface area contributed by atoms with E-state index in [2.05, 4.69) is 5.32 Å². The Kier molecular flexibility index (Phi) is 5.62. The van der Waals surface area contributed by atoms with Crippen molar-refractivity contribution in [2.75, 3.05) is 26.4 Å². The van der Waals surface area contributed by atoms with Crippen LogP contribution < -0.4 is 5.32 Å². The number of ether oxygens (including phenoxy) is 2. The maximum Gasteiger partial charge on any atom is 0.224 e. The first-order valence-electron chi connectivity index (χ1n) is 8.42. The standard InChI is InChI=1S/C18H24FNO3/c19-16-4-2-1-3-14(16)11-18(21)20-17-7-10-23-12-15(17)13-5-8-22-9-6-13/h1-4,13,15,17H,5-12H2,(H,20,21)/t15-,17-/m0/s1. The van der Waals surface area contributed by atoms with Gasteiger partial charge in [-0.3, -0.25) is 4.79 Å². The van der Waals surface area contributed by atoms with Crippen LogP contribution in [0.2, 0.25) is 0 Å². The van der Waals surface area contributed by atoms with Crippen molar-refractivity contribution < 1.29 is 18.7 Å². The van der Waals surface area contributed by atoms with Crippen LogP contribution >= 0.6 is 0 Å². The lowest BCUT2D eigenvalue weighted by molar-refractivity contribution is -0.123. The van der Waals surface area contributed by atoms with Crippen molar-refractivity contribution in [1.29, 1.82) is 0 Å².